The lowest BCUT2D eigenvalue weighted by atomic mass is 9.87. The van der Waals surface area contributed by atoms with Crippen LogP contribution in [0.15, 0.2) is 42.6 Å². The molecule has 162 valence electrons. The van der Waals surface area contributed by atoms with Crippen molar-refractivity contribution in [2.45, 2.75) is 39.0 Å². The molecule has 1 fully saturated rings. The number of hydrogen-bond donors (Lipinski definition) is 2. The Morgan fingerprint density at radius 2 is 1.90 bits per heavy atom. The van der Waals surface area contributed by atoms with Crippen molar-refractivity contribution in [1.29, 1.82) is 0 Å². The van der Waals surface area contributed by atoms with Gasteiger partial charge in [-0.2, -0.15) is 9.61 Å². The third kappa shape index (κ3) is 4.38. The summed E-state index contributed by atoms with van der Waals surface area (Å²) < 4.78 is 1.72. The fraction of sp³-hybridized carbons (Fsp3) is 0.391. The Labute approximate surface area is 181 Å². The van der Waals surface area contributed by atoms with Gasteiger partial charge < -0.3 is 16.0 Å². The van der Waals surface area contributed by atoms with Crippen LogP contribution in [0.25, 0.3) is 5.65 Å². The van der Waals surface area contributed by atoms with E-state index >= 15 is 0 Å². The number of nitrogens with zero attached hydrogens (tertiary/aromatic N) is 4. The van der Waals surface area contributed by atoms with Crippen molar-refractivity contribution < 1.29 is 9.59 Å². The van der Waals surface area contributed by atoms with Crippen molar-refractivity contribution in [2.24, 2.45) is 11.7 Å². The van der Waals surface area contributed by atoms with E-state index in [0.717, 1.165) is 25.2 Å². The van der Waals surface area contributed by atoms with Gasteiger partial charge in [0.15, 0.2) is 5.65 Å². The first kappa shape index (κ1) is 20.8. The third-order valence-electron chi connectivity index (χ3n) is 5.74. The Morgan fingerprint density at radius 3 is 2.58 bits per heavy atom. The minimum absolute atomic E-state index is 0.0235. The highest BCUT2D eigenvalue weighted by Gasteiger charge is 2.26. The number of carbonyl (C=O) groups is 2. The van der Waals surface area contributed by atoms with Crippen molar-refractivity contribution in [3.63, 3.8) is 0 Å². The first-order valence-electron chi connectivity index (χ1n) is 10.5. The summed E-state index contributed by atoms with van der Waals surface area (Å²) in [4.78, 5) is 31.1. The van der Waals surface area contributed by atoms with Gasteiger partial charge in [-0.1, -0.05) is 32.9 Å². The monoisotopic (exact) mass is 420 g/mol. The summed E-state index contributed by atoms with van der Waals surface area (Å²) in [6, 6.07) is 11.2. The number of primary amides is 1. The fourth-order valence-electron chi connectivity index (χ4n) is 3.91. The summed E-state index contributed by atoms with van der Waals surface area (Å²) in [5.74, 6) is 0.499. The van der Waals surface area contributed by atoms with Gasteiger partial charge in [-0.15, -0.1) is 0 Å². The van der Waals surface area contributed by atoms with Gasteiger partial charge in [0.05, 0.1) is 12.1 Å². The quantitative estimate of drug-likeness (QED) is 0.675. The maximum Gasteiger partial charge on any atom is 0.256 e. The highest BCUT2D eigenvalue weighted by molar-refractivity contribution is 6.04. The van der Waals surface area contributed by atoms with E-state index in [4.69, 9.17) is 5.73 Å². The lowest BCUT2D eigenvalue weighted by Gasteiger charge is -2.33. The molecular weight excluding hydrogens is 392 g/mol. The second kappa shape index (κ2) is 8.02. The number of anilines is 2. The maximum absolute atomic E-state index is 12.8. The first-order valence-corrected chi connectivity index (χ1v) is 10.5. The SMILES string of the molecule is CC(C)(C)c1ccc(C(=O)Nc2cc(N3CCCC(C(N)=O)C3)n3nccc3n2)cc1. The fourth-order valence-corrected chi connectivity index (χ4v) is 3.91. The van der Waals surface area contributed by atoms with Gasteiger partial charge in [-0.05, 0) is 36.0 Å². The van der Waals surface area contributed by atoms with Gasteiger partial charge >= 0.3 is 0 Å². The molecule has 0 spiro atoms. The molecule has 8 heteroatoms. The standard InChI is InChI=1S/C23H28N6O2/c1-23(2,3)17-8-6-15(7-9-17)22(31)27-18-13-20(29-19(26-18)10-11-25-29)28-12-4-5-16(14-28)21(24)30/h6-11,13,16H,4-5,12,14H2,1-3H3,(H2,24,30)(H,26,27,31). The molecular formula is C23H28N6O2. The third-order valence-corrected chi connectivity index (χ3v) is 5.74. The predicted molar refractivity (Wildman–Crippen MR) is 120 cm³/mol. The van der Waals surface area contributed by atoms with Gasteiger partial charge in [0.1, 0.15) is 11.6 Å². The molecule has 2 aromatic heterocycles. The molecule has 0 saturated carbocycles. The maximum atomic E-state index is 12.8. The van der Waals surface area contributed by atoms with Crippen molar-refractivity contribution in [3.05, 3.63) is 53.7 Å². The van der Waals surface area contributed by atoms with Gasteiger partial charge in [0.25, 0.3) is 5.91 Å². The van der Waals surface area contributed by atoms with E-state index in [1.807, 2.05) is 24.3 Å². The van der Waals surface area contributed by atoms with Crippen LogP contribution >= 0.6 is 0 Å². The molecule has 1 aromatic carbocycles. The van der Waals surface area contributed by atoms with Crippen molar-refractivity contribution in [1.82, 2.24) is 14.6 Å². The van der Waals surface area contributed by atoms with Crippen LogP contribution in [0.1, 0.15) is 49.5 Å². The molecule has 0 bridgehead atoms. The van der Waals surface area contributed by atoms with Crippen LogP contribution < -0.4 is 16.0 Å². The number of nitrogens with one attached hydrogen (secondary N) is 1. The molecule has 3 aromatic rings. The Hall–Kier alpha value is -3.42. The van der Waals surface area contributed by atoms with Crippen LogP contribution in [0.3, 0.4) is 0 Å². The Balaban J connectivity index is 1.60. The summed E-state index contributed by atoms with van der Waals surface area (Å²) in [6.07, 6.45) is 3.31. The van der Waals surface area contributed by atoms with E-state index in [9.17, 15) is 9.59 Å². The number of benzene rings is 1. The molecule has 0 aliphatic carbocycles. The molecule has 3 heterocycles. The number of hydrogen-bond acceptors (Lipinski definition) is 5. The van der Waals surface area contributed by atoms with Crippen molar-refractivity contribution >= 4 is 29.1 Å². The molecule has 1 saturated heterocycles. The largest absolute Gasteiger partial charge is 0.369 e. The minimum Gasteiger partial charge on any atom is -0.369 e. The van der Waals surface area contributed by atoms with Crippen LogP contribution in [0, 0.1) is 5.92 Å². The van der Waals surface area contributed by atoms with Crippen LogP contribution in [0.4, 0.5) is 11.6 Å². The lowest BCUT2D eigenvalue weighted by molar-refractivity contribution is -0.122. The number of carbonyl (C=O) groups excluding carboxylic acids is 2. The number of amides is 2. The highest BCUT2D eigenvalue weighted by atomic mass is 16.2. The first-order chi connectivity index (χ1) is 14.7. The average Bonchev–Trinajstić information content (AvgIpc) is 3.21. The number of nitrogens with two attached hydrogens (primary N) is 1. The van der Waals surface area contributed by atoms with Crippen LogP contribution in [0.2, 0.25) is 0 Å². The molecule has 8 nitrogen and oxygen atoms in total. The summed E-state index contributed by atoms with van der Waals surface area (Å²) in [5, 5.41) is 7.26. The second-order valence-electron chi connectivity index (χ2n) is 9.07. The zero-order valence-corrected chi connectivity index (χ0v) is 18.1. The predicted octanol–water partition coefficient (Wildman–Crippen LogP) is 2.98. The van der Waals surface area contributed by atoms with E-state index in [2.05, 4.69) is 41.1 Å². The molecule has 1 aliphatic heterocycles. The molecule has 2 amide bonds. The topological polar surface area (TPSA) is 106 Å². The molecule has 1 atom stereocenters. The Bertz CT molecular complexity index is 1110. The summed E-state index contributed by atoms with van der Waals surface area (Å²) in [5.41, 5.74) is 7.92. The molecule has 4 rings (SSSR count). The summed E-state index contributed by atoms with van der Waals surface area (Å²) in [7, 11) is 0. The number of fused-ring (bicyclic) bond motifs is 1. The zero-order chi connectivity index (χ0) is 22.2. The molecule has 31 heavy (non-hydrogen) atoms. The van der Waals surface area contributed by atoms with Gasteiger partial charge in [-0.3, -0.25) is 9.59 Å². The van der Waals surface area contributed by atoms with E-state index < -0.39 is 0 Å². The van der Waals surface area contributed by atoms with Crippen LogP contribution in [-0.2, 0) is 10.2 Å². The van der Waals surface area contributed by atoms with Gasteiger partial charge in [0.2, 0.25) is 5.91 Å². The van der Waals surface area contributed by atoms with Crippen molar-refractivity contribution in [2.75, 3.05) is 23.3 Å². The number of aromatic nitrogens is 3. The Kier molecular flexibility index (Phi) is 5.39. The Morgan fingerprint density at radius 1 is 1.16 bits per heavy atom. The lowest BCUT2D eigenvalue weighted by Crippen LogP contribution is -2.42. The van der Waals surface area contributed by atoms with E-state index in [-0.39, 0.29) is 23.1 Å². The smallest absolute Gasteiger partial charge is 0.256 e. The minimum atomic E-state index is -0.289. The molecule has 0 radical (unpaired) electrons. The van der Waals surface area contributed by atoms with E-state index in [1.54, 1.807) is 22.8 Å². The summed E-state index contributed by atoms with van der Waals surface area (Å²) >= 11 is 0. The molecule has 3 N–H and O–H groups in total. The molecule has 1 aliphatic rings. The van der Waals surface area contributed by atoms with E-state index in [1.165, 1.54) is 5.56 Å². The van der Waals surface area contributed by atoms with E-state index in [0.29, 0.717) is 23.6 Å². The summed E-state index contributed by atoms with van der Waals surface area (Å²) in [6.45, 7) is 7.72. The van der Waals surface area contributed by atoms with Gasteiger partial charge in [-0.25, -0.2) is 4.98 Å². The molecule has 1 unspecified atom stereocenters. The van der Waals surface area contributed by atoms with Gasteiger partial charge in [0, 0.05) is 30.8 Å². The number of piperidine rings is 1. The van der Waals surface area contributed by atoms with Crippen LogP contribution in [-0.4, -0.2) is 39.5 Å². The normalized spacial score (nSPS) is 17.0. The second-order valence-corrected chi connectivity index (χ2v) is 9.07. The van der Waals surface area contributed by atoms with Crippen molar-refractivity contribution in [3.8, 4) is 0 Å². The zero-order valence-electron chi connectivity index (χ0n) is 18.1. The highest BCUT2D eigenvalue weighted by Crippen LogP contribution is 2.26. The average molecular weight is 421 g/mol. The number of rotatable bonds is 4. The van der Waals surface area contributed by atoms with Crippen LogP contribution in [0.5, 0.6) is 0 Å².